The number of anilines is 4. The third-order valence-corrected chi connectivity index (χ3v) is 11.8. The van der Waals surface area contributed by atoms with Crippen LogP contribution in [0, 0.1) is 0 Å². The van der Waals surface area contributed by atoms with E-state index in [-0.39, 0.29) is 30.7 Å². The highest BCUT2D eigenvalue weighted by molar-refractivity contribution is 6.03. The van der Waals surface area contributed by atoms with Crippen LogP contribution in [0.3, 0.4) is 0 Å². The van der Waals surface area contributed by atoms with Crippen molar-refractivity contribution in [1.82, 2.24) is 59.9 Å². The Hall–Kier alpha value is -10.1. The predicted molar refractivity (Wildman–Crippen MR) is 266 cm³/mol. The molecule has 11 aromatic rings. The molecule has 1 fully saturated rings. The lowest BCUT2D eigenvalue weighted by Gasteiger charge is -2.10. The lowest BCUT2D eigenvalue weighted by Crippen LogP contribution is -2.30. The maximum Gasteiger partial charge on any atom is 0.325 e. The molecule has 0 unspecified atom stereocenters. The van der Waals surface area contributed by atoms with E-state index in [1.165, 1.54) is 23.8 Å². The summed E-state index contributed by atoms with van der Waals surface area (Å²) in [6.07, 6.45) is 6.72. The molecule has 71 heavy (non-hydrogen) atoms. The van der Waals surface area contributed by atoms with Crippen molar-refractivity contribution in [3.63, 3.8) is 0 Å². The van der Waals surface area contributed by atoms with Crippen molar-refractivity contribution in [2.24, 2.45) is 10.9 Å². The molecule has 0 spiro atoms. The first-order valence-electron chi connectivity index (χ1n) is 22.2. The van der Waals surface area contributed by atoms with Gasteiger partial charge in [-0.15, -0.1) is 0 Å². The molecule has 6 N–H and O–H groups in total. The first-order valence-corrected chi connectivity index (χ1v) is 22.2. The minimum absolute atomic E-state index is 0.0314. The number of nitrogens with two attached hydrogens (primary N) is 1. The van der Waals surface area contributed by atoms with E-state index < -0.39 is 6.03 Å². The number of nitrogens with one attached hydrogen (secondary N) is 3. The third kappa shape index (κ3) is 9.18. The molecule has 6 heterocycles. The van der Waals surface area contributed by atoms with Gasteiger partial charge in [0.25, 0.3) is 5.91 Å². The number of rotatable bonds is 12. The molecule has 12 rings (SSSR count). The Bertz CT molecular complexity index is 3780. The molecule has 0 radical (unpaired) electrons. The fourth-order valence-corrected chi connectivity index (χ4v) is 8.22. The van der Waals surface area contributed by atoms with Crippen molar-refractivity contribution >= 4 is 84.4 Å². The van der Waals surface area contributed by atoms with Gasteiger partial charge in [0.2, 0.25) is 11.7 Å². The van der Waals surface area contributed by atoms with Crippen LogP contribution in [-0.4, -0.2) is 84.1 Å². The van der Waals surface area contributed by atoms with Gasteiger partial charge in [0.15, 0.2) is 5.84 Å². The lowest BCUT2D eigenvalue weighted by molar-refractivity contribution is -0.125. The van der Waals surface area contributed by atoms with Gasteiger partial charge in [-0.1, -0.05) is 71.0 Å². The maximum absolute atomic E-state index is 11.9. The zero-order valence-corrected chi connectivity index (χ0v) is 37.5. The van der Waals surface area contributed by atoms with Crippen LogP contribution >= 0.6 is 0 Å². The first kappa shape index (κ1) is 43.5. The quantitative estimate of drug-likeness (QED) is 0.0258. The van der Waals surface area contributed by atoms with E-state index in [4.69, 9.17) is 15.5 Å². The van der Waals surface area contributed by atoms with Crippen molar-refractivity contribution in [2.45, 2.75) is 19.6 Å². The average molecular weight is 941 g/mol. The number of carbonyl (C=O) groups is 2. The summed E-state index contributed by atoms with van der Waals surface area (Å²) in [6, 6.07) is 43.0. The van der Waals surface area contributed by atoms with Gasteiger partial charge in [0.05, 0.1) is 54.1 Å². The molecular formula is C51H40N16O4. The number of hydrogen-bond acceptors (Lipinski definition) is 15. The van der Waals surface area contributed by atoms with E-state index in [1.54, 1.807) is 12.1 Å². The number of oxime groups is 1. The van der Waals surface area contributed by atoms with Gasteiger partial charge >= 0.3 is 6.03 Å². The molecule has 1 aliphatic rings. The lowest BCUT2D eigenvalue weighted by atomic mass is 10.1. The summed E-state index contributed by atoms with van der Waals surface area (Å²) in [5, 5.41) is 38.0. The Labute approximate surface area is 402 Å². The van der Waals surface area contributed by atoms with Crippen LogP contribution in [0.15, 0.2) is 168 Å². The van der Waals surface area contributed by atoms with Crippen LogP contribution in [0.25, 0.3) is 55.0 Å². The van der Waals surface area contributed by atoms with E-state index in [1.807, 2.05) is 119 Å². The molecule has 1 saturated heterocycles. The van der Waals surface area contributed by atoms with Crippen LogP contribution in [0.4, 0.5) is 27.8 Å². The number of aromatic nitrogens is 10. The Balaban J connectivity index is 0.000000159. The largest absolute Gasteiger partial charge is 0.409 e. The number of benzene rings is 6. The molecule has 0 atom stereocenters. The third-order valence-electron chi connectivity index (χ3n) is 11.8. The van der Waals surface area contributed by atoms with E-state index >= 15 is 0 Å². The van der Waals surface area contributed by atoms with Crippen molar-refractivity contribution in [3.05, 3.63) is 181 Å². The summed E-state index contributed by atoms with van der Waals surface area (Å²) >= 11 is 0. The molecule has 0 aliphatic carbocycles. The number of hydrogen-bond donors (Lipinski definition) is 5. The number of amidine groups is 1. The van der Waals surface area contributed by atoms with Crippen molar-refractivity contribution in [2.75, 3.05) is 17.2 Å². The van der Waals surface area contributed by atoms with E-state index in [9.17, 15) is 9.59 Å². The molecule has 1 aliphatic heterocycles. The number of nitrogens with zero attached hydrogens (tertiary/aromatic N) is 12. The topological polar surface area (TPSA) is 258 Å². The Morgan fingerprint density at radius 1 is 0.676 bits per heavy atom. The van der Waals surface area contributed by atoms with Crippen LogP contribution in [0.5, 0.6) is 0 Å². The second-order valence-corrected chi connectivity index (χ2v) is 16.4. The maximum atomic E-state index is 11.9. The highest BCUT2D eigenvalue weighted by Gasteiger charge is 2.30. The molecule has 6 aromatic carbocycles. The molecule has 3 amide bonds. The molecule has 5 aromatic heterocycles. The molecule has 0 bridgehead atoms. The van der Waals surface area contributed by atoms with Crippen LogP contribution < -0.4 is 21.7 Å². The van der Waals surface area contributed by atoms with Crippen molar-refractivity contribution in [3.8, 4) is 11.4 Å². The molecule has 0 saturated carbocycles. The number of fused-ring (bicyclic) bond motifs is 4. The fraction of sp³-hybridized carbons (Fsp3) is 0.0784. The number of imide groups is 1. The number of urea groups is 1. The minimum Gasteiger partial charge on any atom is -0.409 e. The Kier molecular flexibility index (Phi) is 11.6. The van der Waals surface area contributed by atoms with Crippen LogP contribution in [0.2, 0.25) is 0 Å². The smallest absolute Gasteiger partial charge is 0.325 e. The Morgan fingerprint density at radius 2 is 1.25 bits per heavy atom. The minimum atomic E-state index is -0.481. The summed E-state index contributed by atoms with van der Waals surface area (Å²) in [6.45, 7) is 1.27. The zero-order chi connectivity index (χ0) is 48.3. The van der Waals surface area contributed by atoms with Crippen molar-refractivity contribution < 1.29 is 19.3 Å². The first-order chi connectivity index (χ1) is 34.8. The summed E-state index contributed by atoms with van der Waals surface area (Å²) < 4.78 is 9.27. The molecule has 20 heteroatoms. The van der Waals surface area contributed by atoms with Crippen LogP contribution in [-0.2, 0) is 24.4 Å². The Morgan fingerprint density at radius 3 is 1.82 bits per heavy atom. The van der Waals surface area contributed by atoms with Gasteiger partial charge in [0.1, 0.15) is 30.8 Å². The fourth-order valence-electron chi connectivity index (χ4n) is 8.22. The summed E-state index contributed by atoms with van der Waals surface area (Å²) in [4.78, 5) is 46.7. The van der Waals surface area contributed by atoms with Gasteiger partial charge < -0.3 is 31.4 Å². The van der Waals surface area contributed by atoms with Gasteiger partial charge in [-0.25, -0.2) is 24.7 Å². The molecule has 348 valence electrons. The van der Waals surface area contributed by atoms with Gasteiger partial charge in [0, 0.05) is 44.0 Å². The SMILES string of the molecule is NC(=NO)c1ccc2ncnc(Nc3ccc4c(cnn4Cc4ccccc4)c3)c2c1.O=C1CNC(=O)N1Cc1nc(-c2ccc3ncnc(Nc4ccc5c(cnn5Cc5ccccc5)c4)c3c2)no1. The second kappa shape index (κ2) is 18.9. The van der Waals surface area contributed by atoms with Gasteiger partial charge in [-0.2, -0.15) is 15.2 Å². The van der Waals surface area contributed by atoms with Gasteiger partial charge in [-0.3, -0.25) is 19.1 Å². The van der Waals surface area contributed by atoms with Gasteiger partial charge in [-0.05, 0) is 83.9 Å². The second-order valence-electron chi connectivity index (χ2n) is 16.4. The molecule has 20 nitrogen and oxygen atoms in total. The molecular weight excluding hydrogens is 901 g/mol. The monoisotopic (exact) mass is 940 g/mol. The predicted octanol–water partition coefficient (Wildman–Crippen LogP) is 7.74. The number of amides is 3. The average Bonchev–Trinajstić information content (AvgIpc) is 4.22. The van der Waals surface area contributed by atoms with Crippen LogP contribution in [0.1, 0.15) is 22.6 Å². The van der Waals surface area contributed by atoms with Crippen molar-refractivity contribution in [1.29, 1.82) is 0 Å². The van der Waals surface area contributed by atoms with E-state index in [0.717, 1.165) is 59.9 Å². The van der Waals surface area contributed by atoms with E-state index in [2.05, 4.69) is 85.6 Å². The number of carbonyl (C=O) groups excluding carboxylic acids is 2. The summed E-state index contributed by atoms with van der Waals surface area (Å²) in [5.41, 5.74) is 14.7. The zero-order valence-electron chi connectivity index (χ0n) is 37.5. The van der Waals surface area contributed by atoms with E-state index in [0.29, 0.717) is 41.7 Å². The normalized spacial score (nSPS) is 12.7. The highest BCUT2D eigenvalue weighted by atomic mass is 16.5. The highest BCUT2D eigenvalue weighted by Crippen LogP contribution is 2.30. The summed E-state index contributed by atoms with van der Waals surface area (Å²) in [5.74, 6) is 1.42. The standard InChI is InChI=1S/C28H21N9O3.C23H19N7O/c38-25-13-29-28(39)36(25)15-24-34-26(35-40-24)18-6-8-22-21(11-18)27(31-16-30-22)33-20-7-9-23-19(10-20)12-32-37(23)14-17-4-2-1-3-5-17;24-22(29-31)16-6-8-20-19(11-16)23(26-14-25-20)28-18-7-9-21-17(10-18)12-27-30(21)13-15-4-2-1-3-5-15/h1-12,16H,13-15H2,(H,29,39)(H,30,31,33);1-12,14,31H,13H2,(H2,24,29)(H,25,26,28). The summed E-state index contributed by atoms with van der Waals surface area (Å²) in [7, 11) is 0.